The van der Waals surface area contributed by atoms with Crippen molar-refractivity contribution >= 4 is 11.8 Å². The second kappa shape index (κ2) is 7.14. The number of pyridine rings is 1. The van der Waals surface area contributed by atoms with E-state index in [4.69, 9.17) is 0 Å². The summed E-state index contributed by atoms with van der Waals surface area (Å²) in [7, 11) is 0. The molecule has 2 fully saturated rings. The Morgan fingerprint density at radius 3 is 2.30 bits per heavy atom. The molecule has 1 atom stereocenters. The van der Waals surface area contributed by atoms with Crippen molar-refractivity contribution in [1.82, 2.24) is 15.2 Å². The van der Waals surface area contributed by atoms with Gasteiger partial charge in [-0.3, -0.25) is 14.6 Å². The molecule has 1 aliphatic carbocycles. The minimum absolute atomic E-state index is 0.000226. The van der Waals surface area contributed by atoms with Crippen LogP contribution in [0.1, 0.15) is 43.1 Å². The van der Waals surface area contributed by atoms with Crippen LogP contribution in [0.15, 0.2) is 48.7 Å². The van der Waals surface area contributed by atoms with Crippen molar-refractivity contribution in [2.24, 2.45) is 5.41 Å². The molecule has 5 nitrogen and oxygen atoms in total. The van der Waals surface area contributed by atoms with E-state index in [0.717, 1.165) is 37.1 Å². The van der Waals surface area contributed by atoms with Crippen LogP contribution in [0.5, 0.6) is 0 Å². The smallest absolute Gasteiger partial charge is 0.270 e. The maximum Gasteiger partial charge on any atom is 0.270 e. The van der Waals surface area contributed by atoms with E-state index in [-0.39, 0.29) is 11.8 Å². The topological polar surface area (TPSA) is 62.3 Å². The molecule has 1 aromatic heterocycles. The summed E-state index contributed by atoms with van der Waals surface area (Å²) >= 11 is 0. The van der Waals surface area contributed by atoms with Crippen LogP contribution in [0.2, 0.25) is 0 Å². The lowest BCUT2D eigenvalue weighted by molar-refractivity contribution is -0.134. The number of carbonyl (C=O) groups excluding carboxylic acids is 2. The number of hydrogen-bond acceptors (Lipinski definition) is 3. The lowest BCUT2D eigenvalue weighted by atomic mass is 9.93. The predicted octanol–water partition coefficient (Wildman–Crippen LogP) is 3.27. The highest BCUT2D eigenvalue weighted by molar-refractivity contribution is 5.96. The van der Waals surface area contributed by atoms with Gasteiger partial charge in [0, 0.05) is 24.8 Å². The van der Waals surface area contributed by atoms with E-state index in [1.807, 2.05) is 41.3 Å². The molecule has 1 saturated carbocycles. The van der Waals surface area contributed by atoms with Gasteiger partial charge in [-0.05, 0) is 49.7 Å². The molecule has 1 aromatic carbocycles. The van der Waals surface area contributed by atoms with Crippen molar-refractivity contribution in [3.05, 3.63) is 54.4 Å². The van der Waals surface area contributed by atoms with Gasteiger partial charge in [0.05, 0.1) is 0 Å². The second-order valence-electron chi connectivity index (χ2n) is 7.82. The monoisotopic (exact) mass is 363 g/mol. The van der Waals surface area contributed by atoms with Crippen molar-refractivity contribution in [2.45, 2.75) is 38.6 Å². The first kappa shape index (κ1) is 17.7. The lowest BCUT2D eigenvalue weighted by Crippen LogP contribution is -2.49. The van der Waals surface area contributed by atoms with Crippen molar-refractivity contribution in [3.8, 4) is 11.1 Å². The van der Waals surface area contributed by atoms with Gasteiger partial charge in [0.15, 0.2) is 0 Å². The largest absolute Gasteiger partial charge is 0.341 e. The number of amides is 2. The Bertz CT molecular complexity index is 818. The minimum Gasteiger partial charge on any atom is -0.341 e. The molecular weight excluding hydrogens is 338 g/mol. The molecule has 2 heterocycles. The molecule has 2 aromatic rings. The second-order valence-corrected chi connectivity index (χ2v) is 7.82. The number of nitrogens with one attached hydrogen (secondary N) is 1. The summed E-state index contributed by atoms with van der Waals surface area (Å²) in [5.74, 6) is -0.314. The zero-order chi connectivity index (χ0) is 18.9. The molecule has 27 heavy (non-hydrogen) atoms. The molecule has 4 rings (SSSR count). The normalized spacial score (nSPS) is 18.8. The van der Waals surface area contributed by atoms with E-state index in [2.05, 4.69) is 10.3 Å². The fourth-order valence-corrected chi connectivity index (χ4v) is 3.81. The average Bonchev–Trinajstić information content (AvgIpc) is 3.47. The van der Waals surface area contributed by atoms with E-state index in [1.54, 1.807) is 19.2 Å². The maximum atomic E-state index is 12.6. The van der Waals surface area contributed by atoms with Gasteiger partial charge in [-0.2, -0.15) is 0 Å². The first-order chi connectivity index (χ1) is 13.1. The standard InChI is InChI=1S/C22H25N3O2/c1-16(21(27)25-13-11-22(9-10-22)12-14-25)24-20(26)19-8-7-18(15-23-19)17-5-3-2-4-6-17/h2-8,15-16H,9-14H2,1H3,(H,24,26). The van der Waals surface area contributed by atoms with Gasteiger partial charge in [0.1, 0.15) is 11.7 Å². The van der Waals surface area contributed by atoms with Crippen LogP contribution >= 0.6 is 0 Å². The number of benzene rings is 1. The van der Waals surface area contributed by atoms with Crippen LogP contribution < -0.4 is 5.32 Å². The van der Waals surface area contributed by atoms with E-state index < -0.39 is 6.04 Å². The average molecular weight is 363 g/mol. The van der Waals surface area contributed by atoms with Gasteiger partial charge in [-0.15, -0.1) is 0 Å². The molecule has 0 radical (unpaired) electrons. The highest BCUT2D eigenvalue weighted by atomic mass is 16.2. The molecular formula is C22H25N3O2. The third-order valence-corrected chi connectivity index (χ3v) is 5.91. The Labute approximate surface area is 159 Å². The lowest BCUT2D eigenvalue weighted by Gasteiger charge is -2.33. The number of carbonyl (C=O) groups is 2. The SMILES string of the molecule is CC(NC(=O)c1ccc(-c2ccccc2)cn1)C(=O)N1CCC2(CC1)CC2. The van der Waals surface area contributed by atoms with E-state index in [0.29, 0.717) is 11.1 Å². The Morgan fingerprint density at radius 1 is 1.00 bits per heavy atom. The molecule has 1 N–H and O–H groups in total. The summed E-state index contributed by atoms with van der Waals surface area (Å²) in [5, 5.41) is 2.80. The summed E-state index contributed by atoms with van der Waals surface area (Å²) in [6, 6.07) is 12.9. The summed E-state index contributed by atoms with van der Waals surface area (Å²) in [5.41, 5.74) is 2.87. The highest BCUT2D eigenvalue weighted by Crippen LogP contribution is 2.53. The van der Waals surface area contributed by atoms with Crippen LogP contribution in [0, 0.1) is 5.41 Å². The van der Waals surface area contributed by atoms with E-state index in [9.17, 15) is 9.59 Å². The fourth-order valence-electron chi connectivity index (χ4n) is 3.81. The van der Waals surface area contributed by atoms with Gasteiger partial charge in [0.25, 0.3) is 5.91 Å². The molecule has 140 valence electrons. The molecule has 0 bridgehead atoms. The van der Waals surface area contributed by atoms with Crippen LogP contribution in [0.4, 0.5) is 0 Å². The van der Waals surface area contributed by atoms with Gasteiger partial charge in [0.2, 0.25) is 5.91 Å². The van der Waals surface area contributed by atoms with Crippen molar-refractivity contribution < 1.29 is 9.59 Å². The zero-order valence-corrected chi connectivity index (χ0v) is 15.6. The fraction of sp³-hybridized carbons (Fsp3) is 0.409. The van der Waals surface area contributed by atoms with Gasteiger partial charge < -0.3 is 10.2 Å². The van der Waals surface area contributed by atoms with Gasteiger partial charge in [-0.25, -0.2) is 0 Å². The molecule has 2 aliphatic rings. The molecule has 1 aliphatic heterocycles. The van der Waals surface area contributed by atoms with Crippen LogP contribution in [-0.4, -0.2) is 40.8 Å². The van der Waals surface area contributed by atoms with E-state index in [1.165, 1.54) is 12.8 Å². The molecule has 1 saturated heterocycles. The first-order valence-electron chi connectivity index (χ1n) is 9.68. The maximum absolute atomic E-state index is 12.6. The first-order valence-corrected chi connectivity index (χ1v) is 9.68. The minimum atomic E-state index is -0.540. The summed E-state index contributed by atoms with van der Waals surface area (Å²) in [6.45, 7) is 3.37. The van der Waals surface area contributed by atoms with Gasteiger partial charge in [-0.1, -0.05) is 36.4 Å². The summed E-state index contributed by atoms with van der Waals surface area (Å²) < 4.78 is 0. The Kier molecular flexibility index (Phi) is 4.68. The zero-order valence-electron chi connectivity index (χ0n) is 15.6. The number of likely N-dealkylation sites (tertiary alicyclic amines) is 1. The summed E-state index contributed by atoms with van der Waals surface area (Å²) in [6.07, 6.45) is 6.51. The molecule has 2 amide bonds. The quantitative estimate of drug-likeness (QED) is 0.907. The molecule has 5 heteroatoms. The number of hydrogen-bond donors (Lipinski definition) is 1. The highest BCUT2D eigenvalue weighted by Gasteiger charge is 2.45. The van der Waals surface area contributed by atoms with Crippen LogP contribution in [-0.2, 0) is 4.79 Å². The van der Waals surface area contributed by atoms with Crippen LogP contribution in [0.3, 0.4) is 0 Å². The molecule has 1 unspecified atom stereocenters. The Morgan fingerprint density at radius 2 is 1.70 bits per heavy atom. The Balaban J connectivity index is 1.34. The number of piperidine rings is 1. The Hall–Kier alpha value is -2.69. The van der Waals surface area contributed by atoms with Crippen LogP contribution in [0.25, 0.3) is 11.1 Å². The van der Waals surface area contributed by atoms with Gasteiger partial charge >= 0.3 is 0 Å². The third kappa shape index (κ3) is 3.87. The van der Waals surface area contributed by atoms with Crippen molar-refractivity contribution in [1.29, 1.82) is 0 Å². The number of rotatable bonds is 4. The number of nitrogens with zero attached hydrogens (tertiary/aromatic N) is 2. The molecule has 1 spiro atoms. The third-order valence-electron chi connectivity index (χ3n) is 5.91. The van der Waals surface area contributed by atoms with Crippen molar-refractivity contribution in [3.63, 3.8) is 0 Å². The number of aromatic nitrogens is 1. The summed E-state index contributed by atoms with van der Waals surface area (Å²) in [4.78, 5) is 31.2. The van der Waals surface area contributed by atoms with Crippen molar-refractivity contribution in [2.75, 3.05) is 13.1 Å². The predicted molar refractivity (Wildman–Crippen MR) is 104 cm³/mol. The van der Waals surface area contributed by atoms with E-state index >= 15 is 0 Å².